The molecule has 2 saturated heterocycles. The molecule has 4 aliphatic rings. The summed E-state index contributed by atoms with van der Waals surface area (Å²) in [5.74, 6) is 2.60. The van der Waals surface area contributed by atoms with Crippen LogP contribution >= 0.6 is 0 Å². The van der Waals surface area contributed by atoms with Crippen LogP contribution in [-0.4, -0.2) is 29.2 Å². The standard InChI is InChI=1S/C13H19NO2/c1-13-5-4-11(15)14(13)12-9-3-2-8(6-9)10(12)7-16-13/h8-10,12H,2-7H2,1H3/t8-,9+,10-,12+,13+/m1/s1. The summed E-state index contributed by atoms with van der Waals surface area (Å²) in [5.41, 5.74) is -0.261. The Kier molecular flexibility index (Phi) is 1.66. The van der Waals surface area contributed by atoms with Gasteiger partial charge in [0.05, 0.1) is 6.61 Å². The molecule has 2 aliphatic heterocycles. The first-order valence-electron chi connectivity index (χ1n) is 6.65. The van der Waals surface area contributed by atoms with Gasteiger partial charge in [0.2, 0.25) is 5.91 Å². The molecule has 0 spiro atoms. The van der Waals surface area contributed by atoms with E-state index in [1.54, 1.807) is 0 Å². The van der Waals surface area contributed by atoms with Crippen LogP contribution in [0.3, 0.4) is 0 Å². The van der Waals surface area contributed by atoms with Crippen molar-refractivity contribution >= 4 is 5.91 Å². The third-order valence-corrected chi connectivity index (χ3v) is 5.51. The van der Waals surface area contributed by atoms with Crippen LogP contribution in [0.1, 0.15) is 39.0 Å². The normalized spacial score (nSPS) is 54.3. The maximum absolute atomic E-state index is 12.1. The van der Waals surface area contributed by atoms with E-state index in [1.807, 2.05) is 0 Å². The highest BCUT2D eigenvalue weighted by molar-refractivity contribution is 5.80. The molecule has 3 heteroatoms. The van der Waals surface area contributed by atoms with Gasteiger partial charge in [0, 0.05) is 24.8 Å². The van der Waals surface area contributed by atoms with E-state index in [-0.39, 0.29) is 5.72 Å². The Morgan fingerprint density at radius 1 is 1.38 bits per heavy atom. The van der Waals surface area contributed by atoms with Crippen molar-refractivity contribution in [1.82, 2.24) is 4.90 Å². The molecule has 88 valence electrons. The molecule has 2 aliphatic carbocycles. The highest BCUT2D eigenvalue weighted by Gasteiger charge is 2.60. The Morgan fingerprint density at radius 3 is 3.06 bits per heavy atom. The van der Waals surface area contributed by atoms with Crippen molar-refractivity contribution in [3.63, 3.8) is 0 Å². The fourth-order valence-corrected chi connectivity index (χ4v) is 4.76. The molecule has 4 rings (SSSR count). The third kappa shape index (κ3) is 0.963. The van der Waals surface area contributed by atoms with Crippen LogP contribution in [0.15, 0.2) is 0 Å². The number of carbonyl (C=O) groups is 1. The van der Waals surface area contributed by atoms with Crippen molar-refractivity contribution in [3.8, 4) is 0 Å². The lowest BCUT2D eigenvalue weighted by atomic mass is 9.82. The van der Waals surface area contributed by atoms with E-state index in [4.69, 9.17) is 4.74 Å². The molecule has 0 N–H and O–H groups in total. The van der Waals surface area contributed by atoms with E-state index < -0.39 is 0 Å². The molecule has 2 saturated carbocycles. The summed E-state index contributed by atoms with van der Waals surface area (Å²) in [6, 6.07) is 0.521. The maximum Gasteiger partial charge on any atom is 0.225 e. The second-order valence-electron chi connectivity index (χ2n) is 6.24. The molecule has 0 unspecified atom stereocenters. The van der Waals surface area contributed by atoms with Gasteiger partial charge in [-0.2, -0.15) is 0 Å². The van der Waals surface area contributed by atoms with Crippen molar-refractivity contribution < 1.29 is 9.53 Å². The lowest BCUT2D eigenvalue weighted by Crippen LogP contribution is -2.60. The van der Waals surface area contributed by atoms with E-state index >= 15 is 0 Å². The summed E-state index contributed by atoms with van der Waals surface area (Å²) in [6.45, 7) is 3.01. The van der Waals surface area contributed by atoms with Gasteiger partial charge in [0.15, 0.2) is 0 Å². The predicted molar refractivity (Wildman–Crippen MR) is 58.5 cm³/mol. The third-order valence-electron chi connectivity index (χ3n) is 5.51. The van der Waals surface area contributed by atoms with Gasteiger partial charge >= 0.3 is 0 Å². The smallest absolute Gasteiger partial charge is 0.225 e. The summed E-state index contributed by atoms with van der Waals surface area (Å²) in [7, 11) is 0. The van der Waals surface area contributed by atoms with Gasteiger partial charge in [0.1, 0.15) is 5.72 Å². The topological polar surface area (TPSA) is 29.5 Å². The molecule has 4 fully saturated rings. The van der Waals surface area contributed by atoms with E-state index in [0.717, 1.165) is 24.9 Å². The highest BCUT2D eigenvalue weighted by Crippen LogP contribution is 2.55. The molecule has 0 aromatic rings. The second-order valence-corrected chi connectivity index (χ2v) is 6.24. The Balaban J connectivity index is 1.74. The lowest BCUT2D eigenvalue weighted by Gasteiger charge is -2.50. The highest BCUT2D eigenvalue weighted by atomic mass is 16.5. The number of hydrogen-bond acceptors (Lipinski definition) is 2. The van der Waals surface area contributed by atoms with Crippen molar-refractivity contribution in [3.05, 3.63) is 0 Å². The monoisotopic (exact) mass is 221 g/mol. The van der Waals surface area contributed by atoms with Crippen LogP contribution < -0.4 is 0 Å². The molecule has 2 heterocycles. The molecule has 0 radical (unpaired) electrons. The number of carbonyl (C=O) groups excluding carboxylic acids is 1. The van der Waals surface area contributed by atoms with Crippen LogP contribution in [0.4, 0.5) is 0 Å². The van der Waals surface area contributed by atoms with Gasteiger partial charge in [-0.25, -0.2) is 0 Å². The van der Waals surface area contributed by atoms with Crippen LogP contribution in [0.2, 0.25) is 0 Å². The molecule has 16 heavy (non-hydrogen) atoms. The number of nitrogens with zero attached hydrogens (tertiary/aromatic N) is 1. The van der Waals surface area contributed by atoms with Gasteiger partial charge in [0.25, 0.3) is 0 Å². The van der Waals surface area contributed by atoms with Gasteiger partial charge < -0.3 is 9.64 Å². The zero-order valence-electron chi connectivity index (χ0n) is 9.82. The van der Waals surface area contributed by atoms with Gasteiger partial charge in [-0.05, 0) is 38.0 Å². The number of amides is 1. The second kappa shape index (κ2) is 2.81. The van der Waals surface area contributed by atoms with Crippen LogP contribution in [-0.2, 0) is 9.53 Å². The predicted octanol–water partition coefficient (Wildman–Crippen LogP) is 1.77. The average Bonchev–Trinajstić information content (AvgIpc) is 2.92. The van der Waals surface area contributed by atoms with Gasteiger partial charge in [-0.3, -0.25) is 4.79 Å². The summed E-state index contributed by atoms with van der Waals surface area (Å²) in [6.07, 6.45) is 5.64. The van der Waals surface area contributed by atoms with Crippen molar-refractivity contribution in [2.75, 3.05) is 6.61 Å². The molecule has 0 aromatic carbocycles. The molecule has 2 bridgehead atoms. The first kappa shape index (κ1) is 9.46. The molecule has 3 nitrogen and oxygen atoms in total. The Bertz CT molecular complexity index is 356. The quantitative estimate of drug-likeness (QED) is 0.624. The minimum Gasteiger partial charge on any atom is -0.355 e. The number of fused-ring (bicyclic) bond motifs is 7. The van der Waals surface area contributed by atoms with Gasteiger partial charge in [-0.15, -0.1) is 0 Å². The van der Waals surface area contributed by atoms with Crippen LogP contribution in [0, 0.1) is 17.8 Å². The summed E-state index contributed by atoms with van der Waals surface area (Å²) >= 11 is 0. The lowest BCUT2D eigenvalue weighted by molar-refractivity contribution is -0.208. The minimum absolute atomic E-state index is 0.261. The van der Waals surface area contributed by atoms with Crippen molar-refractivity contribution in [2.24, 2.45) is 17.8 Å². The number of ether oxygens (including phenoxy) is 1. The van der Waals surface area contributed by atoms with Crippen molar-refractivity contribution in [2.45, 2.75) is 50.8 Å². The summed E-state index contributed by atoms with van der Waals surface area (Å²) in [5, 5.41) is 0. The molecule has 1 amide bonds. The fraction of sp³-hybridized carbons (Fsp3) is 0.923. The molecular formula is C13H19NO2. The van der Waals surface area contributed by atoms with E-state index in [1.165, 1.54) is 19.3 Å². The minimum atomic E-state index is -0.261. The van der Waals surface area contributed by atoms with E-state index in [9.17, 15) is 4.79 Å². The summed E-state index contributed by atoms with van der Waals surface area (Å²) in [4.78, 5) is 14.2. The SMILES string of the molecule is C[C@]12CCC(=O)N1[C@H]1[C@H]3CC[C@H](C3)[C@H]1CO2. The number of hydrogen-bond donors (Lipinski definition) is 0. The molecule has 5 atom stereocenters. The molecular weight excluding hydrogens is 202 g/mol. The Labute approximate surface area is 96.1 Å². The van der Waals surface area contributed by atoms with Gasteiger partial charge in [-0.1, -0.05) is 0 Å². The van der Waals surface area contributed by atoms with E-state index in [2.05, 4.69) is 11.8 Å². The first-order valence-corrected chi connectivity index (χ1v) is 6.65. The maximum atomic E-state index is 12.1. The van der Waals surface area contributed by atoms with Crippen molar-refractivity contribution in [1.29, 1.82) is 0 Å². The molecule has 0 aromatic heterocycles. The largest absolute Gasteiger partial charge is 0.355 e. The fourth-order valence-electron chi connectivity index (χ4n) is 4.76. The van der Waals surface area contributed by atoms with Crippen LogP contribution in [0.5, 0.6) is 0 Å². The number of rotatable bonds is 0. The zero-order valence-corrected chi connectivity index (χ0v) is 9.82. The zero-order chi connectivity index (χ0) is 10.9. The Hall–Kier alpha value is -0.570. The van der Waals surface area contributed by atoms with Crippen LogP contribution in [0.25, 0.3) is 0 Å². The van der Waals surface area contributed by atoms with E-state index in [0.29, 0.717) is 24.3 Å². The first-order chi connectivity index (χ1) is 7.69. The average molecular weight is 221 g/mol. The summed E-state index contributed by atoms with van der Waals surface area (Å²) < 4.78 is 6.03. The Morgan fingerprint density at radius 2 is 2.19 bits per heavy atom.